The lowest BCUT2D eigenvalue weighted by Crippen LogP contribution is -2.37. The Kier molecular flexibility index (Phi) is 8.07. The van der Waals surface area contributed by atoms with Gasteiger partial charge in [0.25, 0.3) is 5.91 Å². The van der Waals surface area contributed by atoms with Crippen LogP contribution in [0, 0.1) is 0 Å². The maximum atomic E-state index is 13.4. The summed E-state index contributed by atoms with van der Waals surface area (Å²) in [5.41, 5.74) is 3.02. The van der Waals surface area contributed by atoms with Crippen molar-refractivity contribution in [3.8, 4) is 0 Å². The number of hydrogen-bond donors (Lipinski definition) is 1. The second-order valence-electron chi connectivity index (χ2n) is 8.46. The fourth-order valence-corrected chi connectivity index (χ4v) is 4.51. The average molecular weight is 502 g/mol. The van der Waals surface area contributed by atoms with Crippen molar-refractivity contribution in [3.05, 3.63) is 102 Å². The number of amides is 2. The van der Waals surface area contributed by atoms with Crippen LogP contribution in [-0.2, 0) is 27.3 Å². The molecule has 1 fully saturated rings. The molecule has 0 radical (unpaired) electrons. The number of carbonyl (C=O) groups is 3. The molecular weight excluding hydrogens is 474 g/mol. The third-order valence-electron chi connectivity index (χ3n) is 6.04. The summed E-state index contributed by atoms with van der Waals surface area (Å²) < 4.78 is 4.70. The smallest absolute Gasteiger partial charge is 0.337 e. The summed E-state index contributed by atoms with van der Waals surface area (Å²) in [5.74, 6) is -0.946. The van der Waals surface area contributed by atoms with Crippen LogP contribution in [0.2, 0.25) is 0 Å². The maximum absolute atomic E-state index is 13.4. The molecule has 0 spiro atoms. The number of nitrogens with one attached hydrogen (secondary N) is 1. The Labute approximate surface area is 215 Å². The van der Waals surface area contributed by atoms with E-state index in [1.165, 1.54) is 7.11 Å². The van der Waals surface area contributed by atoms with E-state index in [4.69, 9.17) is 17.0 Å². The number of ether oxygens (including phenoxy) is 1. The number of nitrogens with zero attached hydrogens (tertiary/aromatic N) is 2. The fourth-order valence-electron chi connectivity index (χ4n) is 4.14. The van der Waals surface area contributed by atoms with Gasteiger partial charge in [0.15, 0.2) is 5.11 Å². The number of anilines is 1. The lowest BCUT2D eigenvalue weighted by Gasteiger charge is -2.24. The van der Waals surface area contributed by atoms with Gasteiger partial charge in [-0.3, -0.25) is 14.5 Å². The molecule has 0 bridgehead atoms. The van der Waals surface area contributed by atoms with Gasteiger partial charge in [-0.25, -0.2) is 4.79 Å². The Morgan fingerprint density at radius 2 is 1.53 bits per heavy atom. The number of hydrogen-bond acceptors (Lipinski definition) is 5. The second kappa shape index (κ2) is 11.6. The van der Waals surface area contributed by atoms with E-state index in [-0.39, 0.29) is 18.2 Å². The Morgan fingerprint density at radius 3 is 2.14 bits per heavy atom. The lowest BCUT2D eigenvalue weighted by molar-refractivity contribution is -0.130. The summed E-state index contributed by atoms with van der Waals surface area (Å²) in [6.45, 7) is 0.874. The average Bonchev–Trinajstić information content (AvgIpc) is 3.12. The molecule has 0 aromatic heterocycles. The first-order chi connectivity index (χ1) is 17.5. The predicted octanol–water partition coefficient (Wildman–Crippen LogP) is 4.04. The monoisotopic (exact) mass is 501 g/mol. The zero-order valence-electron chi connectivity index (χ0n) is 19.9. The third-order valence-corrected chi connectivity index (χ3v) is 6.49. The highest BCUT2D eigenvalue weighted by Crippen LogP contribution is 2.24. The molecule has 8 heteroatoms. The molecule has 1 atom stereocenters. The van der Waals surface area contributed by atoms with Crippen molar-refractivity contribution in [2.24, 2.45) is 0 Å². The van der Waals surface area contributed by atoms with Crippen molar-refractivity contribution >= 4 is 40.8 Å². The number of thiocarbonyl (C=S) groups is 1. The molecule has 2 amide bonds. The summed E-state index contributed by atoms with van der Waals surface area (Å²) in [6, 6.07) is 25.3. The van der Waals surface area contributed by atoms with E-state index in [0.717, 1.165) is 11.1 Å². The lowest BCUT2D eigenvalue weighted by atomic mass is 10.1. The van der Waals surface area contributed by atoms with Gasteiger partial charge in [0.2, 0.25) is 5.91 Å². The Morgan fingerprint density at radius 1 is 0.917 bits per heavy atom. The summed E-state index contributed by atoms with van der Waals surface area (Å²) in [7, 11) is 1.31. The molecule has 184 valence electrons. The molecule has 1 saturated heterocycles. The minimum absolute atomic E-state index is 0.0492. The number of carbonyl (C=O) groups excluding carboxylic acids is 3. The fraction of sp³-hybridized carbons (Fsp3) is 0.214. The van der Waals surface area contributed by atoms with Gasteiger partial charge in [0, 0.05) is 18.8 Å². The molecule has 7 nitrogen and oxygen atoms in total. The van der Waals surface area contributed by atoms with E-state index in [9.17, 15) is 14.4 Å². The molecule has 0 saturated carbocycles. The van der Waals surface area contributed by atoms with Crippen molar-refractivity contribution in [3.63, 3.8) is 0 Å². The summed E-state index contributed by atoms with van der Waals surface area (Å²) in [6.07, 6.45) is 0.615. The minimum Gasteiger partial charge on any atom is -0.465 e. The van der Waals surface area contributed by atoms with Crippen molar-refractivity contribution in [2.75, 3.05) is 19.0 Å². The van der Waals surface area contributed by atoms with Crippen LogP contribution in [0.3, 0.4) is 0 Å². The topological polar surface area (TPSA) is 78.9 Å². The zero-order chi connectivity index (χ0) is 25.5. The van der Waals surface area contributed by atoms with Crippen LogP contribution in [0.4, 0.5) is 5.69 Å². The number of esters is 1. The van der Waals surface area contributed by atoms with Gasteiger partial charge in [0.05, 0.1) is 19.1 Å². The minimum atomic E-state index is -0.706. The SMILES string of the molecule is COC(=O)c1ccc(NC(=O)CC2C(=O)N(CCc3ccccc3)C(=S)N2Cc2ccccc2)cc1. The molecule has 1 unspecified atom stereocenters. The van der Waals surface area contributed by atoms with Crippen LogP contribution in [0.1, 0.15) is 27.9 Å². The molecule has 3 aromatic carbocycles. The zero-order valence-corrected chi connectivity index (χ0v) is 20.7. The largest absolute Gasteiger partial charge is 0.465 e. The quantitative estimate of drug-likeness (QED) is 0.352. The summed E-state index contributed by atoms with van der Waals surface area (Å²) in [5, 5.41) is 3.24. The van der Waals surface area contributed by atoms with E-state index < -0.39 is 12.0 Å². The highest BCUT2D eigenvalue weighted by Gasteiger charge is 2.43. The molecule has 1 aliphatic heterocycles. The molecule has 4 rings (SSSR count). The van der Waals surface area contributed by atoms with Gasteiger partial charge in [-0.15, -0.1) is 0 Å². The van der Waals surface area contributed by atoms with Crippen molar-refractivity contribution in [1.29, 1.82) is 0 Å². The first kappa shape index (κ1) is 25.1. The van der Waals surface area contributed by atoms with Crippen LogP contribution in [0.25, 0.3) is 0 Å². The van der Waals surface area contributed by atoms with E-state index in [1.807, 2.05) is 65.6 Å². The molecule has 36 heavy (non-hydrogen) atoms. The van der Waals surface area contributed by atoms with Crippen molar-refractivity contribution in [2.45, 2.75) is 25.4 Å². The Hall–Kier alpha value is -4.04. The maximum Gasteiger partial charge on any atom is 0.337 e. The van der Waals surface area contributed by atoms with Gasteiger partial charge in [-0.2, -0.15) is 0 Å². The van der Waals surface area contributed by atoms with Crippen LogP contribution >= 0.6 is 12.2 Å². The highest BCUT2D eigenvalue weighted by molar-refractivity contribution is 7.80. The van der Waals surface area contributed by atoms with Gasteiger partial charge < -0.3 is 15.0 Å². The highest BCUT2D eigenvalue weighted by atomic mass is 32.1. The Bertz CT molecular complexity index is 1230. The van der Waals surface area contributed by atoms with E-state index in [0.29, 0.717) is 35.9 Å². The molecule has 1 heterocycles. The van der Waals surface area contributed by atoms with E-state index >= 15 is 0 Å². The normalized spacial score (nSPS) is 15.2. The number of benzene rings is 3. The van der Waals surface area contributed by atoms with Gasteiger partial charge >= 0.3 is 5.97 Å². The standard InChI is InChI=1S/C28H27N3O4S/c1-35-27(34)22-12-14-23(15-13-22)29-25(32)18-24-26(33)30(17-16-20-8-4-2-5-9-20)28(36)31(24)19-21-10-6-3-7-11-21/h2-15,24H,16-19H2,1H3,(H,29,32). The van der Waals surface area contributed by atoms with Crippen LogP contribution in [-0.4, -0.2) is 52.4 Å². The first-order valence-electron chi connectivity index (χ1n) is 11.6. The van der Waals surface area contributed by atoms with Crippen molar-refractivity contribution in [1.82, 2.24) is 9.80 Å². The third kappa shape index (κ3) is 5.95. The van der Waals surface area contributed by atoms with Crippen LogP contribution < -0.4 is 5.32 Å². The molecule has 0 aliphatic carbocycles. The van der Waals surface area contributed by atoms with Crippen molar-refractivity contribution < 1.29 is 19.1 Å². The van der Waals surface area contributed by atoms with E-state index in [1.54, 1.807) is 29.2 Å². The first-order valence-corrected chi connectivity index (χ1v) is 12.0. The second-order valence-corrected chi connectivity index (χ2v) is 8.82. The predicted molar refractivity (Wildman–Crippen MR) is 141 cm³/mol. The molecule has 1 aliphatic rings. The number of methoxy groups -OCH3 is 1. The molecular formula is C28H27N3O4S. The molecule has 3 aromatic rings. The molecule has 1 N–H and O–H groups in total. The van der Waals surface area contributed by atoms with Gasteiger partial charge in [0.1, 0.15) is 6.04 Å². The van der Waals surface area contributed by atoms with E-state index in [2.05, 4.69) is 5.32 Å². The summed E-state index contributed by atoms with van der Waals surface area (Å²) in [4.78, 5) is 41.5. The summed E-state index contributed by atoms with van der Waals surface area (Å²) >= 11 is 5.72. The Balaban J connectivity index is 1.48. The number of rotatable bonds is 9. The van der Waals surface area contributed by atoms with Gasteiger partial charge in [-0.05, 0) is 54.0 Å². The van der Waals surface area contributed by atoms with Crippen LogP contribution in [0.5, 0.6) is 0 Å². The van der Waals surface area contributed by atoms with Crippen LogP contribution in [0.15, 0.2) is 84.9 Å². The van der Waals surface area contributed by atoms with Gasteiger partial charge in [-0.1, -0.05) is 60.7 Å².